The third kappa shape index (κ3) is 4.04. The number of oxime groups is 1. The van der Waals surface area contributed by atoms with Crippen molar-refractivity contribution in [3.8, 4) is 0 Å². The quantitative estimate of drug-likeness (QED) is 0.161. The first-order valence-corrected chi connectivity index (χ1v) is 5.85. The van der Waals surface area contributed by atoms with Crippen LogP contribution in [0, 0.1) is 26.8 Å². The number of hydrogen-bond acceptors (Lipinski definition) is 7. The highest BCUT2D eigenvalue weighted by molar-refractivity contribution is 6.68. The number of halogens is 4. The van der Waals surface area contributed by atoms with Crippen molar-refractivity contribution in [1.82, 2.24) is 0 Å². The summed E-state index contributed by atoms with van der Waals surface area (Å²) >= 11 is 0. The summed E-state index contributed by atoms with van der Waals surface area (Å²) in [7, 11) is 0. The average Bonchev–Trinajstić information content (AvgIpc) is 2.47. The van der Waals surface area contributed by atoms with Gasteiger partial charge in [0, 0.05) is 0 Å². The second kappa shape index (κ2) is 6.90. The number of nitrogens with zero attached hydrogens (tertiary/aromatic N) is 3. The van der Waals surface area contributed by atoms with Crippen LogP contribution in [-0.2, 0) is 6.18 Å². The standard InChI is InChI=1S/C11H7F4N5O5/c12-6-2-1-4(3-5(6)11(13,14)15)19(10(21)22)8(17)7(16)9(18-23)20(24)25/h1-3,16-17,23H,(H,21,22)/b16-7?,17-8?,18-9+. The van der Waals surface area contributed by atoms with Gasteiger partial charge in [-0.1, -0.05) is 0 Å². The zero-order chi connectivity index (χ0) is 19.5. The second-order valence-electron chi connectivity index (χ2n) is 4.18. The predicted octanol–water partition coefficient (Wildman–Crippen LogP) is 2.39. The lowest BCUT2D eigenvalue weighted by Gasteiger charge is -2.20. The van der Waals surface area contributed by atoms with Crippen molar-refractivity contribution >= 4 is 29.2 Å². The highest BCUT2D eigenvalue weighted by Gasteiger charge is 2.37. The van der Waals surface area contributed by atoms with E-state index in [0.29, 0.717) is 6.07 Å². The van der Waals surface area contributed by atoms with E-state index in [9.17, 15) is 32.5 Å². The highest BCUT2D eigenvalue weighted by Crippen LogP contribution is 2.34. The maximum atomic E-state index is 13.3. The average molecular weight is 365 g/mol. The first kappa shape index (κ1) is 19.5. The summed E-state index contributed by atoms with van der Waals surface area (Å²) in [5.41, 5.74) is -4.26. The number of amides is 1. The van der Waals surface area contributed by atoms with Crippen LogP contribution in [0.25, 0.3) is 0 Å². The summed E-state index contributed by atoms with van der Waals surface area (Å²) in [5, 5.41) is 44.9. The van der Waals surface area contributed by atoms with Gasteiger partial charge in [-0.25, -0.2) is 14.1 Å². The molecule has 1 rings (SSSR count). The van der Waals surface area contributed by atoms with Crippen molar-refractivity contribution in [3.63, 3.8) is 0 Å². The zero-order valence-corrected chi connectivity index (χ0v) is 11.7. The molecule has 0 heterocycles. The zero-order valence-electron chi connectivity index (χ0n) is 11.7. The molecule has 0 aliphatic carbocycles. The third-order valence-electron chi connectivity index (χ3n) is 2.66. The summed E-state index contributed by atoms with van der Waals surface area (Å²) in [4.78, 5) is 20.1. The molecule has 25 heavy (non-hydrogen) atoms. The van der Waals surface area contributed by atoms with Gasteiger partial charge < -0.3 is 20.4 Å². The molecule has 0 saturated heterocycles. The van der Waals surface area contributed by atoms with Crippen LogP contribution in [0.5, 0.6) is 0 Å². The fraction of sp³-hybridized carbons (Fsp3) is 0.0909. The fourth-order valence-electron chi connectivity index (χ4n) is 1.60. The van der Waals surface area contributed by atoms with E-state index < -0.39 is 51.6 Å². The Hall–Kier alpha value is -3.58. The molecule has 0 aliphatic rings. The van der Waals surface area contributed by atoms with Gasteiger partial charge in [-0.05, 0) is 23.1 Å². The van der Waals surface area contributed by atoms with Crippen LogP contribution in [0.1, 0.15) is 5.56 Å². The molecule has 14 heteroatoms. The highest BCUT2D eigenvalue weighted by atomic mass is 19.4. The molecule has 134 valence electrons. The minimum Gasteiger partial charge on any atom is -0.464 e. The third-order valence-corrected chi connectivity index (χ3v) is 2.66. The lowest BCUT2D eigenvalue weighted by Crippen LogP contribution is -2.44. The van der Waals surface area contributed by atoms with Crippen LogP contribution in [0.4, 0.5) is 28.0 Å². The van der Waals surface area contributed by atoms with Crippen LogP contribution in [-0.4, -0.2) is 38.7 Å². The summed E-state index contributed by atoms with van der Waals surface area (Å²) in [5.74, 6) is -4.82. The van der Waals surface area contributed by atoms with Crippen LogP contribution >= 0.6 is 0 Å². The molecule has 1 aromatic carbocycles. The SMILES string of the molecule is N=C(C(=N)N(C(=O)O)c1ccc(F)c(C(F)(F)F)c1)/C(=N\O)[N+](=O)[O-]. The number of rotatable bonds is 3. The fourth-order valence-corrected chi connectivity index (χ4v) is 1.60. The van der Waals surface area contributed by atoms with Crippen LogP contribution in [0.15, 0.2) is 23.4 Å². The molecule has 0 spiro atoms. The molecule has 0 atom stereocenters. The Morgan fingerprint density at radius 3 is 2.28 bits per heavy atom. The summed E-state index contributed by atoms with van der Waals surface area (Å²) < 4.78 is 51.3. The number of nitro groups is 1. The van der Waals surface area contributed by atoms with E-state index in [4.69, 9.17) is 21.1 Å². The van der Waals surface area contributed by atoms with Gasteiger partial charge in [0.05, 0.1) is 11.3 Å². The van der Waals surface area contributed by atoms with E-state index in [1.54, 1.807) is 0 Å². The van der Waals surface area contributed by atoms with Crippen molar-refractivity contribution in [2.24, 2.45) is 5.16 Å². The number of benzene rings is 1. The van der Waals surface area contributed by atoms with Gasteiger partial charge in [-0.15, -0.1) is 0 Å². The molecule has 4 N–H and O–H groups in total. The Balaban J connectivity index is 3.44. The van der Waals surface area contributed by atoms with Crippen LogP contribution in [0.2, 0.25) is 0 Å². The number of nitrogens with one attached hydrogen (secondary N) is 2. The predicted molar refractivity (Wildman–Crippen MR) is 73.6 cm³/mol. The van der Waals surface area contributed by atoms with Crippen LogP contribution in [0.3, 0.4) is 0 Å². The van der Waals surface area contributed by atoms with Crippen molar-refractivity contribution in [1.29, 1.82) is 10.8 Å². The summed E-state index contributed by atoms with van der Waals surface area (Å²) in [6, 6.07) is 0.884. The molecule has 0 fully saturated rings. The molecule has 0 aliphatic heterocycles. The maximum Gasteiger partial charge on any atom is 0.438 e. The minimum atomic E-state index is -5.18. The van der Waals surface area contributed by atoms with E-state index in [1.807, 2.05) is 0 Å². The number of anilines is 1. The molecular formula is C11H7F4N5O5. The number of carboxylic acid groups (broad SMARTS) is 1. The number of amidine groups is 2. The van der Waals surface area contributed by atoms with Gasteiger partial charge >= 0.3 is 18.1 Å². The number of hydrogen-bond donors (Lipinski definition) is 4. The van der Waals surface area contributed by atoms with Crippen molar-refractivity contribution < 1.29 is 37.6 Å². The molecule has 0 saturated carbocycles. The Bertz CT molecular complexity index is 792. The summed E-state index contributed by atoms with van der Waals surface area (Å²) in [6.45, 7) is 0. The lowest BCUT2D eigenvalue weighted by molar-refractivity contribution is -0.348. The molecule has 1 aromatic rings. The van der Waals surface area contributed by atoms with Gasteiger partial charge in [0.25, 0.3) is 0 Å². The topological polar surface area (TPSA) is 164 Å². The van der Waals surface area contributed by atoms with Gasteiger partial charge in [0.2, 0.25) is 5.71 Å². The van der Waals surface area contributed by atoms with Crippen molar-refractivity contribution in [3.05, 3.63) is 39.7 Å². The molecule has 1 amide bonds. The first-order chi connectivity index (χ1) is 11.4. The summed E-state index contributed by atoms with van der Waals surface area (Å²) in [6.07, 6.45) is -7.27. The normalized spacial score (nSPS) is 11.8. The van der Waals surface area contributed by atoms with E-state index in [0.717, 1.165) is 0 Å². The Labute approximate surface area is 134 Å². The van der Waals surface area contributed by atoms with Crippen molar-refractivity contribution in [2.45, 2.75) is 6.18 Å². The Morgan fingerprint density at radius 1 is 1.32 bits per heavy atom. The minimum absolute atomic E-state index is 0.0488. The van der Waals surface area contributed by atoms with E-state index >= 15 is 0 Å². The van der Waals surface area contributed by atoms with Gasteiger partial charge in [0.1, 0.15) is 5.82 Å². The van der Waals surface area contributed by atoms with Gasteiger partial charge in [0.15, 0.2) is 11.0 Å². The van der Waals surface area contributed by atoms with Gasteiger partial charge in [-0.2, -0.15) is 13.2 Å². The molecule has 10 nitrogen and oxygen atoms in total. The van der Waals surface area contributed by atoms with Crippen molar-refractivity contribution in [2.75, 3.05) is 4.90 Å². The molecule has 0 aromatic heterocycles. The molecule has 0 unspecified atom stereocenters. The molecular weight excluding hydrogens is 358 g/mol. The van der Waals surface area contributed by atoms with E-state index in [-0.39, 0.29) is 17.0 Å². The van der Waals surface area contributed by atoms with E-state index in [1.165, 1.54) is 0 Å². The molecule has 0 bridgehead atoms. The van der Waals surface area contributed by atoms with Gasteiger partial charge in [-0.3, -0.25) is 10.8 Å². The Morgan fingerprint density at radius 2 is 1.88 bits per heavy atom. The van der Waals surface area contributed by atoms with Crippen LogP contribution < -0.4 is 4.90 Å². The maximum absolute atomic E-state index is 13.3. The largest absolute Gasteiger partial charge is 0.464 e. The molecule has 0 radical (unpaired) electrons. The van der Waals surface area contributed by atoms with E-state index in [2.05, 4.69) is 5.16 Å². The first-order valence-electron chi connectivity index (χ1n) is 5.85. The number of alkyl halides is 3. The Kier molecular flexibility index (Phi) is 5.37. The smallest absolute Gasteiger partial charge is 0.438 e. The lowest BCUT2D eigenvalue weighted by atomic mass is 10.1. The second-order valence-corrected chi connectivity index (χ2v) is 4.18. The monoisotopic (exact) mass is 365 g/mol. The number of carbonyl (C=O) groups is 1.